The van der Waals surface area contributed by atoms with E-state index in [1.54, 1.807) is 18.0 Å². The molecule has 2 rings (SSSR count). The van der Waals surface area contributed by atoms with Crippen LogP contribution in [0.25, 0.3) is 0 Å². The van der Waals surface area contributed by atoms with E-state index in [1.165, 1.54) is 12.8 Å². The predicted octanol–water partition coefficient (Wildman–Crippen LogP) is 3.59. The number of ether oxygens (including phenoxy) is 1. The maximum absolute atomic E-state index is 13.0. The second kappa shape index (κ2) is 6.18. The number of aromatic nitrogens is 2. The summed E-state index contributed by atoms with van der Waals surface area (Å²) in [6, 6.07) is 0. The molecule has 0 radical (unpaired) electrons. The lowest BCUT2D eigenvalue weighted by molar-refractivity contribution is -0.00779. The molecule has 0 bridgehead atoms. The average Bonchev–Trinajstić information content (AvgIpc) is 2.65. The largest absolute Gasteiger partial charge is 0.370 e. The number of ketones is 1. The normalized spacial score (nSPS) is 19.1. The van der Waals surface area contributed by atoms with E-state index in [1.807, 2.05) is 6.92 Å². The number of carbonyl (C=O) groups excluding carboxylic acids is 1. The number of hydrogen-bond acceptors (Lipinski definition) is 3. The smallest absolute Gasteiger partial charge is 0.213 e. The van der Waals surface area contributed by atoms with Crippen molar-refractivity contribution in [1.29, 1.82) is 0 Å². The lowest BCUT2D eigenvalue weighted by Gasteiger charge is -2.30. The van der Waals surface area contributed by atoms with Crippen LogP contribution in [0.15, 0.2) is 10.7 Å². The van der Waals surface area contributed by atoms with Crippen molar-refractivity contribution in [2.24, 2.45) is 0 Å². The van der Waals surface area contributed by atoms with Crippen LogP contribution in [0.5, 0.6) is 0 Å². The predicted molar refractivity (Wildman–Crippen MR) is 77.4 cm³/mol. The van der Waals surface area contributed by atoms with Crippen molar-refractivity contribution in [3.8, 4) is 0 Å². The summed E-state index contributed by atoms with van der Waals surface area (Å²) in [4.78, 5) is 13.0. The fraction of sp³-hybridized carbons (Fsp3) is 0.714. The minimum Gasteiger partial charge on any atom is -0.370 e. The van der Waals surface area contributed by atoms with Gasteiger partial charge in [-0.2, -0.15) is 5.10 Å². The lowest BCUT2D eigenvalue weighted by atomic mass is 9.87. The molecular weight excluding hydrogens is 308 g/mol. The number of Topliss-reactive ketones (excluding diaryl/α,β-unsaturated/α-hetero) is 1. The first-order valence-corrected chi connectivity index (χ1v) is 7.75. The van der Waals surface area contributed by atoms with Gasteiger partial charge in [0.05, 0.1) is 10.7 Å². The third kappa shape index (κ3) is 2.77. The van der Waals surface area contributed by atoms with Gasteiger partial charge in [-0.15, -0.1) is 0 Å². The molecule has 19 heavy (non-hydrogen) atoms. The van der Waals surface area contributed by atoms with E-state index in [-0.39, 0.29) is 5.78 Å². The van der Waals surface area contributed by atoms with Crippen molar-refractivity contribution in [3.05, 3.63) is 16.4 Å². The summed E-state index contributed by atoms with van der Waals surface area (Å²) >= 11 is 3.44. The molecule has 1 heterocycles. The summed E-state index contributed by atoms with van der Waals surface area (Å²) in [5.41, 5.74) is -0.0161. The fourth-order valence-corrected chi connectivity index (χ4v) is 3.34. The van der Waals surface area contributed by atoms with Crippen molar-refractivity contribution >= 4 is 21.7 Å². The Labute approximate surface area is 122 Å². The first kappa shape index (κ1) is 14.7. The topological polar surface area (TPSA) is 44.1 Å². The summed E-state index contributed by atoms with van der Waals surface area (Å²) in [5.74, 6) is 0.0723. The highest BCUT2D eigenvalue weighted by Crippen LogP contribution is 2.34. The number of methoxy groups -OCH3 is 1. The number of nitrogens with zero attached hydrogens (tertiary/aromatic N) is 2. The van der Waals surface area contributed by atoms with Crippen LogP contribution in [0, 0.1) is 0 Å². The SMILES string of the molecule is CCn1ncc(Br)c1C(=O)C1(OC)CCCCCC1. The van der Waals surface area contributed by atoms with Gasteiger partial charge < -0.3 is 4.74 Å². The number of aryl methyl sites for hydroxylation is 1. The van der Waals surface area contributed by atoms with E-state index in [0.29, 0.717) is 12.2 Å². The standard InChI is InChI=1S/C14H21BrN2O2/c1-3-17-12(11(15)10-16-17)13(18)14(19-2)8-6-4-5-7-9-14/h10H,3-9H2,1-2H3. The van der Waals surface area contributed by atoms with Gasteiger partial charge in [0.1, 0.15) is 11.3 Å². The molecule has 106 valence electrons. The van der Waals surface area contributed by atoms with Gasteiger partial charge >= 0.3 is 0 Å². The second-order valence-corrected chi connectivity index (χ2v) is 5.95. The maximum atomic E-state index is 13.0. The second-order valence-electron chi connectivity index (χ2n) is 5.10. The molecule has 0 N–H and O–H groups in total. The molecule has 0 unspecified atom stereocenters. The molecule has 0 saturated heterocycles. The maximum Gasteiger partial charge on any atom is 0.213 e. The van der Waals surface area contributed by atoms with E-state index >= 15 is 0 Å². The van der Waals surface area contributed by atoms with Crippen LogP contribution in [-0.4, -0.2) is 28.3 Å². The third-order valence-electron chi connectivity index (χ3n) is 4.03. The van der Waals surface area contributed by atoms with Gasteiger partial charge in [0.15, 0.2) is 0 Å². The van der Waals surface area contributed by atoms with Gasteiger partial charge in [-0.3, -0.25) is 9.48 Å². The van der Waals surface area contributed by atoms with Crippen molar-refractivity contribution in [1.82, 2.24) is 9.78 Å². The Morgan fingerprint density at radius 3 is 2.58 bits per heavy atom. The van der Waals surface area contributed by atoms with Gasteiger partial charge in [-0.25, -0.2) is 0 Å². The van der Waals surface area contributed by atoms with Crippen molar-refractivity contribution in [3.63, 3.8) is 0 Å². The highest BCUT2D eigenvalue weighted by molar-refractivity contribution is 9.10. The zero-order valence-electron chi connectivity index (χ0n) is 11.6. The fourth-order valence-electron chi connectivity index (χ4n) is 2.87. The molecule has 0 spiro atoms. The zero-order valence-corrected chi connectivity index (χ0v) is 13.2. The van der Waals surface area contributed by atoms with Crippen LogP contribution in [0.2, 0.25) is 0 Å². The highest BCUT2D eigenvalue weighted by Gasteiger charge is 2.41. The average molecular weight is 329 g/mol. The lowest BCUT2D eigenvalue weighted by Crippen LogP contribution is -2.41. The van der Waals surface area contributed by atoms with Gasteiger partial charge in [0.2, 0.25) is 5.78 Å². The van der Waals surface area contributed by atoms with Crippen molar-refractivity contribution in [2.45, 2.75) is 57.6 Å². The van der Waals surface area contributed by atoms with Crippen LogP contribution in [0.1, 0.15) is 55.9 Å². The minimum absolute atomic E-state index is 0.0723. The number of carbonyl (C=O) groups is 1. The molecule has 1 fully saturated rings. The van der Waals surface area contributed by atoms with Crippen LogP contribution in [0.4, 0.5) is 0 Å². The third-order valence-corrected chi connectivity index (χ3v) is 4.61. The first-order chi connectivity index (χ1) is 9.14. The monoisotopic (exact) mass is 328 g/mol. The Balaban J connectivity index is 2.36. The van der Waals surface area contributed by atoms with E-state index in [2.05, 4.69) is 21.0 Å². The molecular formula is C14H21BrN2O2. The Morgan fingerprint density at radius 2 is 2.05 bits per heavy atom. The zero-order chi connectivity index (χ0) is 13.9. The van der Waals surface area contributed by atoms with Crippen LogP contribution >= 0.6 is 15.9 Å². The highest BCUT2D eigenvalue weighted by atomic mass is 79.9. The summed E-state index contributed by atoms with van der Waals surface area (Å²) < 4.78 is 8.20. The Bertz CT molecular complexity index is 448. The molecule has 0 aromatic carbocycles. The molecule has 1 saturated carbocycles. The summed E-state index contributed by atoms with van der Waals surface area (Å²) in [6.45, 7) is 2.68. The number of halogens is 1. The first-order valence-electron chi connectivity index (χ1n) is 6.96. The summed E-state index contributed by atoms with van der Waals surface area (Å²) in [5, 5.41) is 4.23. The molecule has 0 aliphatic heterocycles. The molecule has 5 heteroatoms. The molecule has 0 amide bonds. The van der Waals surface area contributed by atoms with Crippen molar-refractivity contribution < 1.29 is 9.53 Å². The van der Waals surface area contributed by atoms with Crippen LogP contribution < -0.4 is 0 Å². The quantitative estimate of drug-likeness (QED) is 0.626. The minimum atomic E-state index is -0.661. The Kier molecular flexibility index (Phi) is 4.79. The summed E-state index contributed by atoms with van der Waals surface area (Å²) in [6.07, 6.45) is 7.79. The van der Waals surface area contributed by atoms with E-state index < -0.39 is 5.60 Å². The Hall–Kier alpha value is -0.680. The van der Waals surface area contributed by atoms with E-state index in [9.17, 15) is 4.79 Å². The van der Waals surface area contributed by atoms with Crippen LogP contribution in [0.3, 0.4) is 0 Å². The number of hydrogen-bond donors (Lipinski definition) is 0. The molecule has 1 aliphatic rings. The molecule has 1 aromatic heterocycles. The van der Waals surface area contributed by atoms with Crippen LogP contribution in [-0.2, 0) is 11.3 Å². The van der Waals surface area contributed by atoms with Crippen molar-refractivity contribution in [2.75, 3.05) is 7.11 Å². The molecule has 1 aromatic rings. The van der Waals surface area contributed by atoms with Gasteiger partial charge in [-0.05, 0) is 35.7 Å². The summed E-state index contributed by atoms with van der Waals surface area (Å²) in [7, 11) is 1.66. The van der Waals surface area contributed by atoms with Gasteiger partial charge in [0, 0.05) is 13.7 Å². The van der Waals surface area contributed by atoms with Gasteiger partial charge in [-0.1, -0.05) is 25.7 Å². The Morgan fingerprint density at radius 1 is 1.42 bits per heavy atom. The molecule has 0 atom stereocenters. The van der Waals surface area contributed by atoms with E-state index in [0.717, 1.165) is 30.2 Å². The molecule has 4 nitrogen and oxygen atoms in total. The van der Waals surface area contributed by atoms with Gasteiger partial charge in [0.25, 0.3) is 0 Å². The molecule has 1 aliphatic carbocycles. The number of rotatable bonds is 4. The van der Waals surface area contributed by atoms with E-state index in [4.69, 9.17) is 4.74 Å².